The van der Waals surface area contributed by atoms with Gasteiger partial charge in [0, 0.05) is 12.6 Å². The highest BCUT2D eigenvalue weighted by atomic mass is 32.2. The zero-order valence-electron chi connectivity index (χ0n) is 11.9. The smallest absolute Gasteiger partial charge is 0.294 e. The minimum atomic E-state index is -3.78. The predicted molar refractivity (Wildman–Crippen MR) is 79.3 cm³/mol. The molecule has 118 valence electrons. The van der Waals surface area contributed by atoms with Crippen LogP contribution in [0, 0.1) is 10.1 Å². The molecule has 0 atom stereocenters. The summed E-state index contributed by atoms with van der Waals surface area (Å²) in [6.45, 7) is 0.990. The van der Waals surface area contributed by atoms with E-state index in [9.17, 15) is 18.5 Å². The Kier molecular flexibility index (Phi) is 6.03. The maximum Gasteiger partial charge on any atom is 0.294 e. The number of nitrogens with zero attached hydrogens (tertiary/aromatic N) is 2. The van der Waals surface area contributed by atoms with Crippen LogP contribution in [-0.4, -0.2) is 45.4 Å². The summed E-state index contributed by atoms with van der Waals surface area (Å²) in [6.07, 6.45) is 0.636. The number of rotatable bonds is 8. The second kappa shape index (κ2) is 7.31. The molecular formula is C11H19N5O4S. The standard InChI is InChI=1S/C11H19N5O4S/c1-15(2)7-3-6-13-21(19,20)9-4-5-10(14-12)11(8-9)16(17)18/h4-5,8,13-14H,3,6-7,12H2,1-2H3. The number of benzene rings is 1. The zero-order chi connectivity index (χ0) is 16.0. The van der Waals surface area contributed by atoms with E-state index in [0.717, 1.165) is 12.6 Å². The zero-order valence-corrected chi connectivity index (χ0v) is 12.7. The molecule has 21 heavy (non-hydrogen) atoms. The molecule has 0 bridgehead atoms. The average molecular weight is 317 g/mol. The number of hydrazine groups is 1. The van der Waals surface area contributed by atoms with Crippen molar-refractivity contribution in [3.63, 3.8) is 0 Å². The molecule has 1 rings (SSSR count). The van der Waals surface area contributed by atoms with Crippen LogP contribution in [0.5, 0.6) is 0 Å². The van der Waals surface area contributed by atoms with Gasteiger partial charge in [-0.05, 0) is 39.2 Å². The SMILES string of the molecule is CN(C)CCCNS(=O)(=O)c1ccc(NN)c([N+](=O)[O-])c1. The Labute approximate surface area is 123 Å². The fourth-order valence-corrected chi connectivity index (χ4v) is 2.73. The first-order valence-electron chi connectivity index (χ1n) is 6.17. The van der Waals surface area contributed by atoms with Gasteiger partial charge in [0.2, 0.25) is 10.0 Å². The quantitative estimate of drug-likeness (QED) is 0.268. The molecule has 10 heteroatoms. The highest BCUT2D eigenvalue weighted by Gasteiger charge is 2.20. The third-order valence-corrected chi connectivity index (χ3v) is 4.16. The van der Waals surface area contributed by atoms with E-state index in [1.54, 1.807) is 0 Å². The molecule has 0 aliphatic heterocycles. The van der Waals surface area contributed by atoms with Gasteiger partial charge < -0.3 is 10.3 Å². The number of sulfonamides is 1. The van der Waals surface area contributed by atoms with Crippen LogP contribution >= 0.6 is 0 Å². The van der Waals surface area contributed by atoms with Gasteiger partial charge in [-0.3, -0.25) is 16.0 Å². The van der Waals surface area contributed by atoms with Gasteiger partial charge in [0.05, 0.1) is 9.82 Å². The van der Waals surface area contributed by atoms with E-state index in [2.05, 4.69) is 10.1 Å². The minimum Gasteiger partial charge on any atom is -0.318 e. The largest absolute Gasteiger partial charge is 0.318 e. The second-order valence-electron chi connectivity index (χ2n) is 4.64. The monoisotopic (exact) mass is 317 g/mol. The first-order chi connectivity index (χ1) is 9.77. The van der Waals surface area contributed by atoms with Crippen molar-refractivity contribution in [3.8, 4) is 0 Å². The van der Waals surface area contributed by atoms with Crippen molar-refractivity contribution >= 4 is 21.4 Å². The van der Waals surface area contributed by atoms with Gasteiger partial charge in [0.15, 0.2) is 0 Å². The summed E-state index contributed by atoms with van der Waals surface area (Å²) in [5.74, 6) is 5.15. The van der Waals surface area contributed by atoms with Gasteiger partial charge in [-0.25, -0.2) is 13.1 Å². The lowest BCUT2D eigenvalue weighted by Crippen LogP contribution is -2.27. The number of nitrogens with two attached hydrogens (primary N) is 1. The molecule has 0 heterocycles. The molecule has 0 saturated heterocycles. The fourth-order valence-electron chi connectivity index (χ4n) is 1.64. The molecule has 0 fully saturated rings. The van der Waals surface area contributed by atoms with Crippen LogP contribution in [-0.2, 0) is 10.0 Å². The van der Waals surface area contributed by atoms with E-state index in [-0.39, 0.29) is 17.1 Å². The van der Waals surface area contributed by atoms with E-state index in [1.807, 2.05) is 19.0 Å². The number of nitro groups is 1. The first kappa shape index (κ1) is 17.3. The number of nitro benzene ring substituents is 1. The maximum atomic E-state index is 12.1. The van der Waals surface area contributed by atoms with Crippen molar-refractivity contribution in [1.82, 2.24) is 9.62 Å². The molecule has 0 unspecified atom stereocenters. The van der Waals surface area contributed by atoms with E-state index in [1.165, 1.54) is 12.1 Å². The highest BCUT2D eigenvalue weighted by molar-refractivity contribution is 7.89. The summed E-state index contributed by atoms with van der Waals surface area (Å²) in [4.78, 5) is 12.0. The van der Waals surface area contributed by atoms with E-state index in [4.69, 9.17) is 5.84 Å². The van der Waals surface area contributed by atoms with Crippen LogP contribution in [0.1, 0.15) is 6.42 Å². The Morgan fingerprint density at radius 1 is 1.38 bits per heavy atom. The topological polar surface area (TPSA) is 131 Å². The Bertz CT molecular complexity index is 603. The number of hydrogen-bond donors (Lipinski definition) is 3. The van der Waals surface area contributed by atoms with Crippen molar-refractivity contribution in [1.29, 1.82) is 0 Å². The van der Waals surface area contributed by atoms with Crippen LogP contribution in [0.25, 0.3) is 0 Å². The van der Waals surface area contributed by atoms with Crippen LogP contribution in [0.3, 0.4) is 0 Å². The minimum absolute atomic E-state index is 0.0477. The van der Waals surface area contributed by atoms with Crippen LogP contribution in [0.15, 0.2) is 23.1 Å². The van der Waals surface area contributed by atoms with Crippen molar-refractivity contribution < 1.29 is 13.3 Å². The molecule has 4 N–H and O–H groups in total. The normalized spacial score (nSPS) is 11.6. The Balaban J connectivity index is 2.88. The van der Waals surface area contributed by atoms with Gasteiger partial charge in [0.1, 0.15) is 5.69 Å². The maximum absolute atomic E-state index is 12.1. The average Bonchev–Trinajstić information content (AvgIpc) is 2.42. The van der Waals surface area contributed by atoms with Crippen molar-refractivity contribution in [2.45, 2.75) is 11.3 Å². The van der Waals surface area contributed by atoms with Crippen molar-refractivity contribution in [2.75, 3.05) is 32.6 Å². The summed E-state index contributed by atoms with van der Waals surface area (Å²) in [6, 6.07) is 3.49. The fraction of sp³-hybridized carbons (Fsp3) is 0.455. The summed E-state index contributed by atoms with van der Waals surface area (Å²) in [5.41, 5.74) is 1.81. The molecule has 1 aromatic carbocycles. The van der Waals surface area contributed by atoms with Gasteiger partial charge in [-0.15, -0.1) is 0 Å². The van der Waals surface area contributed by atoms with E-state index < -0.39 is 20.6 Å². The lowest BCUT2D eigenvalue weighted by Gasteiger charge is -2.11. The lowest BCUT2D eigenvalue weighted by atomic mass is 10.3. The third kappa shape index (κ3) is 4.93. The molecule has 0 amide bonds. The van der Waals surface area contributed by atoms with Crippen LogP contribution in [0.4, 0.5) is 11.4 Å². The Morgan fingerprint density at radius 2 is 2.05 bits per heavy atom. The van der Waals surface area contributed by atoms with Crippen molar-refractivity contribution in [3.05, 3.63) is 28.3 Å². The molecule has 0 aliphatic carbocycles. The number of nitrogen functional groups attached to an aromatic ring is 1. The summed E-state index contributed by atoms with van der Waals surface area (Å²) in [7, 11) is -0.0101. The van der Waals surface area contributed by atoms with E-state index >= 15 is 0 Å². The summed E-state index contributed by atoms with van der Waals surface area (Å²) >= 11 is 0. The van der Waals surface area contributed by atoms with Gasteiger partial charge in [-0.1, -0.05) is 0 Å². The number of nitrogens with one attached hydrogen (secondary N) is 2. The van der Waals surface area contributed by atoms with Gasteiger partial charge in [0.25, 0.3) is 5.69 Å². The highest BCUT2D eigenvalue weighted by Crippen LogP contribution is 2.26. The number of hydrogen-bond acceptors (Lipinski definition) is 7. The Morgan fingerprint density at radius 3 is 2.57 bits per heavy atom. The van der Waals surface area contributed by atoms with Crippen LogP contribution < -0.4 is 16.0 Å². The second-order valence-corrected chi connectivity index (χ2v) is 6.40. The summed E-state index contributed by atoms with van der Waals surface area (Å²) in [5, 5.41) is 10.9. The number of anilines is 1. The first-order valence-corrected chi connectivity index (χ1v) is 7.65. The van der Waals surface area contributed by atoms with E-state index in [0.29, 0.717) is 6.42 Å². The summed E-state index contributed by atoms with van der Waals surface area (Å²) < 4.78 is 26.5. The molecule has 0 saturated carbocycles. The molecule has 1 aromatic rings. The van der Waals surface area contributed by atoms with Gasteiger partial charge in [-0.2, -0.15) is 0 Å². The predicted octanol–water partition coefficient (Wildman–Crippen LogP) is 0.110. The molecule has 0 aliphatic rings. The molecule has 9 nitrogen and oxygen atoms in total. The lowest BCUT2D eigenvalue weighted by molar-refractivity contribution is -0.384. The molecule has 0 spiro atoms. The molecule has 0 aromatic heterocycles. The Hall–Kier alpha value is -1.75. The van der Waals surface area contributed by atoms with Gasteiger partial charge >= 0.3 is 0 Å². The molecular weight excluding hydrogens is 298 g/mol. The third-order valence-electron chi connectivity index (χ3n) is 2.71. The van der Waals surface area contributed by atoms with Crippen LogP contribution in [0.2, 0.25) is 0 Å². The van der Waals surface area contributed by atoms with Crippen molar-refractivity contribution in [2.24, 2.45) is 5.84 Å². The molecule has 0 radical (unpaired) electrons.